The molecule has 0 atom stereocenters. The first-order valence-electron chi connectivity index (χ1n) is 6.55. The minimum absolute atomic E-state index is 0.194. The van der Waals surface area contributed by atoms with E-state index in [0.717, 1.165) is 4.90 Å². The van der Waals surface area contributed by atoms with Gasteiger partial charge in [-0.25, -0.2) is 0 Å². The summed E-state index contributed by atoms with van der Waals surface area (Å²) < 4.78 is 5.05. The SMILES string of the molecule is COc1ccc(C(=O)Nc2ccc(SCC(N)=O)cc2)cc1. The smallest absolute Gasteiger partial charge is 0.255 e. The molecule has 0 fully saturated rings. The standard InChI is InChI=1S/C16H16N2O3S/c1-21-13-6-2-11(3-7-13)16(20)18-12-4-8-14(9-5-12)22-10-15(17)19/h2-9H,10H2,1H3,(H2,17,19)(H,18,20). The fourth-order valence-electron chi connectivity index (χ4n) is 1.73. The van der Waals surface area contributed by atoms with Crippen molar-refractivity contribution in [2.24, 2.45) is 5.73 Å². The highest BCUT2D eigenvalue weighted by molar-refractivity contribution is 8.00. The number of hydrogen-bond acceptors (Lipinski definition) is 4. The Morgan fingerprint density at radius 2 is 1.73 bits per heavy atom. The van der Waals surface area contributed by atoms with Crippen LogP contribution in [0.3, 0.4) is 0 Å². The van der Waals surface area contributed by atoms with Gasteiger partial charge in [-0.15, -0.1) is 11.8 Å². The zero-order valence-corrected chi connectivity index (χ0v) is 12.9. The second kappa shape index (κ2) is 7.51. The summed E-state index contributed by atoms with van der Waals surface area (Å²) in [7, 11) is 1.58. The van der Waals surface area contributed by atoms with E-state index in [1.165, 1.54) is 11.8 Å². The molecule has 114 valence electrons. The molecule has 0 saturated heterocycles. The normalized spacial score (nSPS) is 10.0. The summed E-state index contributed by atoms with van der Waals surface area (Å²) in [5.41, 5.74) is 6.33. The molecule has 2 rings (SSSR count). The summed E-state index contributed by atoms with van der Waals surface area (Å²) in [6, 6.07) is 14.1. The number of ether oxygens (including phenoxy) is 1. The van der Waals surface area contributed by atoms with Crippen molar-refractivity contribution in [3.8, 4) is 5.75 Å². The van der Waals surface area contributed by atoms with Gasteiger partial charge >= 0.3 is 0 Å². The van der Waals surface area contributed by atoms with Crippen molar-refractivity contribution in [2.75, 3.05) is 18.2 Å². The Morgan fingerprint density at radius 3 is 2.27 bits per heavy atom. The maximum absolute atomic E-state index is 12.1. The molecule has 0 aliphatic heterocycles. The third kappa shape index (κ3) is 4.53. The van der Waals surface area contributed by atoms with Gasteiger partial charge in [-0.05, 0) is 48.5 Å². The Hall–Kier alpha value is -2.47. The molecular weight excluding hydrogens is 300 g/mol. The fraction of sp³-hybridized carbons (Fsp3) is 0.125. The summed E-state index contributed by atoms with van der Waals surface area (Å²) in [6.07, 6.45) is 0. The van der Waals surface area contributed by atoms with Crippen LogP contribution in [-0.4, -0.2) is 24.7 Å². The van der Waals surface area contributed by atoms with E-state index in [1.807, 2.05) is 12.1 Å². The molecule has 0 heterocycles. The van der Waals surface area contributed by atoms with Crippen LogP contribution in [0, 0.1) is 0 Å². The largest absolute Gasteiger partial charge is 0.497 e. The number of amides is 2. The maximum Gasteiger partial charge on any atom is 0.255 e. The molecule has 0 spiro atoms. The molecule has 0 bridgehead atoms. The zero-order valence-electron chi connectivity index (χ0n) is 12.0. The van der Waals surface area contributed by atoms with E-state index >= 15 is 0 Å². The van der Waals surface area contributed by atoms with Gasteiger partial charge in [-0.2, -0.15) is 0 Å². The molecule has 22 heavy (non-hydrogen) atoms. The van der Waals surface area contributed by atoms with Gasteiger partial charge in [0.15, 0.2) is 0 Å². The molecule has 0 unspecified atom stereocenters. The quantitative estimate of drug-likeness (QED) is 0.802. The van der Waals surface area contributed by atoms with Gasteiger partial charge in [0.2, 0.25) is 5.91 Å². The van der Waals surface area contributed by atoms with Crippen LogP contribution < -0.4 is 15.8 Å². The van der Waals surface area contributed by atoms with Crippen LogP contribution in [0.2, 0.25) is 0 Å². The van der Waals surface area contributed by atoms with Crippen molar-refractivity contribution in [3.63, 3.8) is 0 Å². The lowest BCUT2D eigenvalue weighted by Gasteiger charge is -2.07. The van der Waals surface area contributed by atoms with E-state index in [9.17, 15) is 9.59 Å². The lowest BCUT2D eigenvalue weighted by atomic mass is 10.2. The third-order valence-electron chi connectivity index (χ3n) is 2.85. The highest BCUT2D eigenvalue weighted by Crippen LogP contribution is 2.20. The minimum atomic E-state index is -0.359. The molecule has 0 radical (unpaired) electrons. The van der Waals surface area contributed by atoms with Gasteiger partial charge in [-0.1, -0.05) is 0 Å². The van der Waals surface area contributed by atoms with E-state index in [2.05, 4.69) is 5.32 Å². The summed E-state index contributed by atoms with van der Waals surface area (Å²) in [6.45, 7) is 0. The Morgan fingerprint density at radius 1 is 1.09 bits per heavy atom. The van der Waals surface area contributed by atoms with Crippen LogP contribution in [0.15, 0.2) is 53.4 Å². The summed E-state index contributed by atoms with van der Waals surface area (Å²) in [4.78, 5) is 23.7. The molecule has 0 aliphatic carbocycles. The Bertz CT molecular complexity index is 654. The number of carbonyl (C=O) groups is 2. The Balaban J connectivity index is 1.97. The van der Waals surface area contributed by atoms with Crippen molar-refractivity contribution in [1.29, 1.82) is 0 Å². The number of benzene rings is 2. The van der Waals surface area contributed by atoms with Gasteiger partial charge in [0.05, 0.1) is 12.9 Å². The Labute approximate surface area is 132 Å². The lowest BCUT2D eigenvalue weighted by Crippen LogP contribution is -2.13. The van der Waals surface area contributed by atoms with Crippen LogP contribution >= 0.6 is 11.8 Å². The minimum Gasteiger partial charge on any atom is -0.497 e. The van der Waals surface area contributed by atoms with Crippen LogP contribution in [0.25, 0.3) is 0 Å². The van der Waals surface area contributed by atoms with Crippen LogP contribution in [-0.2, 0) is 4.79 Å². The van der Waals surface area contributed by atoms with Crippen molar-refractivity contribution < 1.29 is 14.3 Å². The molecule has 2 aromatic carbocycles. The third-order valence-corrected chi connectivity index (χ3v) is 3.88. The number of hydrogen-bond donors (Lipinski definition) is 2. The predicted octanol–water partition coefficient (Wildman–Crippen LogP) is 2.52. The van der Waals surface area contributed by atoms with E-state index in [4.69, 9.17) is 10.5 Å². The highest BCUT2D eigenvalue weighted by Gasteiger charge is 2.06. The molecule has 0 aliphatic rings. The molecule has 2 aromatic rings. The molecule has 3 N–H and O–H groups in total. The number of methoxy groups -OCH3 is 1. The lowest BCUT2D eigenvalue weighted by molar-refractivity contribution is -0.115. The molecular formula is C16H16N2O3S. The summed E-state index contributed by atoms with van der Waals surface area (Å²) in [5.74, 6) is 0.381. The molecule has 6 heteroatoms. The second-order valence-electron chi connectivity index (χ2n) is 4.46. The van der Waals surface area contributed by atoms with Crippen molar-refractivity contribution in [3.05, 3.63) is 54.1 Å². The van der Waals surface area contributed by atoms with E-state index in [1.54, 1.807) is 43.5 Å². The summed E-state index contributed by atoms with van der Waals surface area (Å²) in [5, 5.41) is 2.81. The van der Waals surface area contributed by atoms with Crippen LogP contribution in [0.1, 0.15) is 10.4 Å². The topological polar surface area (TPSA) is 81.4 Å². The number of primary amides is 1. The van der Waals surface area contributed by atoms with Gasteiger partial charge in [0.25, 0.3) is 5.91 Å². The van der Waals surface area contributed by atoms with Crippen LogP contribution in [0.5, 0.6) is 5.75 Å². The van der Waals surface area contributed by atoms with Crippen LogP contribution in [0.4, 0.5) is 5.69 Å². The molecule has 5 nitrogen and oxygen atoms in total. The van der Waals surface area contributed by atoms with Gasteiger partial charge in [0.1, 0.15) is 5.75 Å². The second-order valence-corrected chi connectivity index (χ2v) is 5.51. The molecule has 0 aromatic heterocycles. The fourth-order valence-corrected chi connectivity index (χ4v) is 2.37. The van der Waals surface area contributed by atoms with E-state index in [-0.39, 0.29) is 17.6 Å². The van der Waals surface area contributed by atoms with Gasteiger partial charge in [-0.3, -0.25) is 9.59 Å². The maximum atomic E-state index is 12.1. The molecule has 2 amide bonds. The number of anilines is 1. The zero-order chi connectivity index (χ0) is 15.9. The van der Waals surface area contributed by atoms with Gasteiger partial charge < -0.3 is 15.8 Å². The number of nitrogens with two attached hydrogens (primary N) is 1. The first kappa shape index (κ1) is 15.9. The highest BCUT2D eigenvalue weighted by atomic mass is 32.2. The number of thioether (sulfide) groups is 1. The first-order chi connectivity index (χ1) is 10.6. The monoisotopic (exact) mass is 316 g/mol. The number of rotatable bonds is 6. The number of nitrogens with one attached hydrogen (secondary N) is 1. The average molecular weight is 316 g/mol. The first-order valence-corrected chi connectivity index (χ1v) is 7.53. The predicted molar refractivity (Wildman–Crippen MR) is 87.3 cm³/mol. The molecule has 0 saturated carbocycles. The van der Waals surface area contributed by atoms with Crippen molar-refractivity contribution >= 4 is 29.3 Å². The number of carbonyl (C=O) groups excluding carboxylic acids is 2. The summed E-state index contributed by atoms with van der Waals surface area (Å²) >= 11 is 1.36. The van der Waals surface area contributed by atoms with E-state index < -0.39 is 0 Å². The average Bonchev–Trinajstić information content (AvgIpc) is 2.54. The van der Waals surface area contributed by atoms with Gasteiger partial charge in [0, 0.05) is 16.1 Å². The Kier molecular flexibility index (Phi) is 5.43. The van der Waals surface area contributed by atoms with E-state index in [0.29, 0.717) is 17.0 Å². The van der Waals surface area contributed by atoms with Crippen molar-refractivity contribution in [2.45, 2.75) is 4.90 Å². The van der Waals surface area contributed by atoms with Crippen molar-refractivity contribution in [1.82, 2.24) is 0 Å².